The van der Waals surface area contributed by atoms with E-state index < -0.39 is 12.6 Å². The van der Waals surface area contributed by atoms with E-state index in [1.54, 1.807) is 14.2 Å². The number of hydrogen-bond acceptors (Lipinski definition) is 1. The third-order valence-electron chi connectivity index (χ3n) is 0.401. The van der Waals surface area contributed by atoms with E-state index in [1.165, 1.54) is 6.42 Å². The summed E-state index contributed by atoms with van der Waals surface area (Å²) in [7, 11) is 3.25. The highest BCUT2D eigenvalue weighted by molar-refractivity contribution is 4.39. The van der Waals surface area contributed by atoms with Crippen molar-refractivity contribution in [1.82, 2.24) is 0 Å². The lowest BCUT2D eigenvalue weighted by Crippen LogP contribution is -2.02. The average molecular weight is 246 g/mol. The van der Waals surface area contributed by atoms with Gasteiger partial charge in [0.25, 0.3) is 0 Å². The summed E-state index contributed by atoms with van der Waals surface area (Å²) in [6, 6.07) is 0. The molecule has 0 saturated carbocycles. The van der Waals surface area contributed by atoms with Gasteiger partial charge in [-0.15, -0.1) is 0 Å². The Kier molecular flexibility index (Phi) is 31.3. The summed E-state index contributed by atoms with van der Waals surface area (Å²) in [4.78, 5) is 0. The minimum atomic E-state index is -3.96. The van der Waals surface area contributed by atoms with Crippen LogP contribution in [0.3, 0.4) is 0 Å². The summed E-state index contributed by atoms with van der Waals surface area (Å²) in [6.07, 6.45) is -3.44. The van der Waals surface area contributed by atoms with Gasteiger partial charge in [0.15, 0.2) is 0 Å². The Morgan fingerprint density at radius 1 is 0.938 bits per heavy atom. The van der Waals surface area contributed by atoms with E-state index in [1.807, 2.05) is 0 Å². The molecule has 0 aliphatic rings. The third-order valence-corrected chi connectivity index (χ3v) is 0.401. The molecule has 0 fully saturated rings. The second-order valence-corrected chi connectivity index (χ2v) is 3.82. The maximum Gasteiger partial charge on any atom is 0.388 e. The molecule has 0 radical (unpaired) electrons. The van der Waals surface area contributed by atoms with Crippen LogP contribution in [0, 0.1) is 5.92 Å². The van der Waals surface area contributed by atoms with E-state index in [0.717, 1.165) is 12.8 Å². The van der Waals surface area contributed by atoms with Gasteiger partial charge in [-0.25, -0.2) is 0 Å². The number of hydrogen-bond donors (Lipinski definition) is 0. The molecule has 4 heteroatoms. The van der Waals surface area contributed by atoms with E-state index in [0.29, 0.717) is 0 Å². The molecule has 0 heterocycles. The fraction of sp³-hybridized carbons (Fsp3) is 1.00. The molecule has 0 atom stereocenters. The lowest BCUT2D eigenvalue weighted by molar-refractivity contribution is -0.130. The number of halogens is 3. The van der Waals surface area contributed by atoms with Crippen molar-refractivity contribution in [2.24, 2.45) is 5.92 Å². The van der Waals surface area contributed by atoms with Gasteiger partial charge < -0.3 is 4.74 Å². The van der Waals surface area contributed by atoms with Crippen molar-refractivity contribution in [2.75, 3.05) is 14.2 Å². The molecule has 0 aromatic carbocycles. The minimum absolute atomic E-state index is 0.729. The molecule has 0 aromatic rings. The SMILES string of the molecule is CC(C)C.CCC.CCC(F)(F)F.COC. The predicted octanol–water partition coefficient (Wildman–Crippen LogP) is 5.30. The van der Waals surface area contributed by atoms with Gasteiger partial charge in [0.2, 0.25) is 0 Å². The molecule has 0 aliphatic heterocycles. The predicted molar refractivity (Wildman–Crippen MR) is 65.8 cm³/mol. The molecule has 0 unspecified atom stereocenters. The molecule has 0 amide bonds. The first-order chi connectivity index (χ1) is 7.12. The first kappa shape index (κ1) is 24.8. The van der Waals surface area contributed by atoms with E-state index in [-0.39, 0.29) is 0 Å². The van der Waals surface area contributed by atoms with Gasteiger partial charge in [-0.2, -0.15) is 13.2 Å². The zero-order valence-corrected chi connectivity index (χ0v) is 12.0. The van der Waals surface area contributed by atoms with Crippen molar-refractivity contribution in [1.29, 1.82) is 0 Å². The van der Waals surface area contributed by atoms with Gasteiger partial charge in [0.05, 0.1) is 0 Å². The molecule has 0 rings (SSSR count). The van der Waals surface area contributed by atoms with Crippen LogP contribution in [-0.4, -0.2) is 20.4 Å². The van der Waals surface area contributed by atoms with Gasteiger partial charge in [0, 0.05) is 20.6 Å². The summed E-state index contributed by atoms with van der Waals surface area (Å²) in [5, 5.41) is 0. The molecule has 0 aliphatic carbocycles. The largest absolute Gasteiger partial charge is 0.388 e. The van der Waals surface area contributed by atoms with Gasteiger partial charge in [0.1, 0.15) is 0 Å². The first-order valence-electron chi connectivity index (χ1n) is 5.59. The van der Waals surface area contributed by atoms with Crippen LogP contribution in [0.5, 0.6) is 0 Å². The first-order valence-corrected chi connectivity index (χ1v) is 5.59. The van der Waals surface area contributed by atoms with Crippen LogP contribution in [-0.2, 0) is 4.74 Å². The fourth-order valence-electron chi connectivity index (χ4n) is 0. The number of rotatable bonds is 0. The van der Waals surface area contributed by atoms with Crippen molar-refractivity contribution >= 4 is 0 Å². The monoisotopic (exact) mass is 246 g/mol. The normalized spacial score (nSPS) is 9.00. The molecule has 1 nitrogen and oxygen atoms in total. The van der Waals surface area contributed by atoms with Crippen molar-refractivity contribution < 1.29 is 17.9 Å². The Hall–Kier alpha value is -0.250. The summed E-state index contributed by atoms with van der Waals surface area (Å²) < 4.78 is 36.6. The summed E-state index contributed by atoms with van der Waals surface area (Å²) >= 11 is 0. The minimum Gasteiger partial charge on any atom is -0.388 e. The van der Waals surface area contributed by atoms with Gasteiger partial charge >= 0.3 is 6.18 Å². The molecule has 16 heavy (non-hydrogen) atoms. The molecule has 0 aromatic heterocycles. The van der Waals surface area contributed by atoms with Crippen LogP contribution < -0.4 is 0 Å². The average Bonchev–Trinajstić information content (AvgIpc) is 2.04. The van der Waals surface area contributed by atoms with Crippen molar-refractivity contribution in [2.45, 2.75) is 60.6 Å². The van der Waals surface area contributed by atoms with Crippen molar-refractivity contribution in [3.8, 4) is 0 Å². The third kappa shape index (κ3) is 296. The molecular weight excluding hydrogens is 217 g/mol. The zero-order valence-electron chi connectivity index (χ0n) is 12.0. The lowest BCUT2D eigenvalue weighted by Gasteiger charge is -1.96. The maximum atomic E-state index is 10.8. The van der Waals surface area contributed by atoms with Crippen LogP contribution in [0.2, 0.25) is 0 Å². The molecule has 104 valence electrons. The second-order valence-electron chi connectivity index (χ2n) is 3.82. The van der Waals surface area contributed by atoms with Gasteiger partial charge in [-0.05, 0) is 5.92 Å². The molecule has 0 bridgehead atoms. The van der Waals surface area contributed by atoms with Crippen LogP contribution in [0.4, 0.5) is 13.2 Å². The highest BCUT2D eigenvalue weighted by Crippen LogP contribution is 2.17. The number of ether oxygens (including phenoxy) is 1. The Labute approximate surface area is 99.4 Å². The Morgan fingerprint density at radius 3 is 1.00 bits per heavy atom. The standard InChI is InChI=1S/C4H10.C3H5F3.C3H8.C2H6O/c1-4(2)3;1-2-3(4,5)6;2*1-3-2/h4H,1-3H3;2H2,1H3;3H2,1-2H3;1-2H3. The zero-order chi connectivity index (χ0) is 14.2. The smallest absolute Gasteiger partial charge is 0.388 e. The Bertz CT molecular complexity index is 86.0. The highest BCUT2D eigenvalue weighted by Gasteiger charge is 2.22. The van der Waals surface area contributed by atoms with E-state index in [4.69, 9.17) is 0 Å². The van der Waals surface area contributed by atoms with E-state index in [2.05, 4.69) is 39.4 Å². The number of methoxy groups -OCH3 is 1. The van der Waals surface area contributed by atoms with Crippen LogP contribution >= 0.6 is 0 Å². The quantitative estimate of drug-likeness (QED) is 0.563. The van der Waals surface area contributed by atoms with Crippen LogP contribution in [0.25, 0.3) is 0 Å². The van der Waals surface area contributed by atoms with Gasteiger partial charge in [-0.3, -0.25) is 0 Å². The van der Waals surface area contributed by atoms with E-state index in [9.17, 15) is 13.2 Å². The van der Waals surface area contributed by atoms with Gasteiger partial charge in [-0.1, -0.05) is 48.0 Å². The Morgan fingerprint density at radius 2 is 1.00 bits per heavy atom. The Balaban J connectivity index is -0.0000000635. The molecular formula is C12H29F3O. The van der Waals surface area contributed by atoms with Crippen LogP contribution in [0.15, 0.2) is 0 Å². The van der Waals surface area contributed by atoms with Crippen LogP contribution in [0.1, 0.15) is 54.4 Å². The maximum absolute atomic E-state index is 10.8. The highest BCUT2D eigenvalue weighted by atomic mass is 19.4. The summed E-state index contributed by atoms with van der Waals surface area (Å²) in [5.74, 6) is 0.833. The molecule has 0 spiro atoms. The summed E-state index contributed by atoms with van der Waals surface area (Å²) in [5.41, 5.74) is 0. The lowest BCUT2D eigenvalue weighted by atomic mass is 10.3. The second kappa shape index (κ2) is 20.2. The summed E-state index contributed by atoms with van der Waals surface area (Å²) in [6.45, 7) is 11.8. The molecule has 0 saturated heterocycles. The van der Waals surface area contributed by atoms with Crippen molar-refractivity contribution in [3.63, 3.8) is 0 Å². The van der Waals surface area contributed by atoms with Crippen molar-refractivity contribution in [3.05, 3.63) is 0 Å². The topological polar surface area (TPSA) is 9.23 Å². The number of alkyl halides is 3. The van der Waals surface area contributed by atoms with E-state index >= 15 is 0 Å². The molecule has 0 N–H and O–H groups in total. The fourth-order valence-corrected chi connectivity index (χ4v) is 0.